The van der Waals surface area contributed by atoms with Gasteiger partial charge in [-0.3, -0.25) is 4.79 Å². The lowest BCUT2D eigenvalue weighted by atomic mass is 10.2. The first-order valence-corrected chi connectivity index (χ1v) is 11.5. The smallest absolute Gasteiger partial charge is 0.237 e. The second kappa shape index (κ2) is 7.04. The highest BCUT2D eigenvalue weighted by Gasteiger charge is 2.38. The Morgan fingerprint density at radius 3 is 2.26 bits per heavy atom. The van der Waals surface area contributed by atoms with Crippen LogP contribution < -0.4 is 0 Å². The highest BCUT2D eigenvalue weighted by Crippen LogP contribution is 2.20. The lowest BCUT2D eigenvalue weighted by Gasteiger charge is -2.35. The molecule has 0 radical (unpaired) electrons. The second-order valence-corrected chi connectivity index (χ2v) is 10.3. The van der Waals surface area contributed by atoms with Crippen LogP contribution in [0.15, 0.2) is 0 Å². The molecule has 0 spiro atoms. The van der Waals surface area contributed by atoms with Crippen LogP contribution in [0.25, 0.3) is 0 Å². The van der Waals surface area contributed by atoms with Crippen LogP contribution in [-0.4, -0.2) is 99.9 Å². The molecule has 0 aliphatic carbocycles. The van der Waals surface area contributed by atoms with E-state index in [4.69, 9.17) is 0 Å². The first kappa shape index (κ1) is 18.6. The Kier molecular flexibility index (Phi) is 5.70. The Hall–Kier alpha value is -0.710. The van der Waals surface area contributed by atoms with Crippen LogP contribution in [0.2, 0.25) is 0 Å². The van der Waals surface area contributed by atoms with Crippen LogP contribution in [0.1, 0.15) is 13.3 Å². The van der Waals surface area contributed by atoms with Crippen molar-refractivity contribution in [2.45, 2.75) is 19.4 Å². The zero-order valence-electron chi connectivity index (χ0n) is 13.6. The van der Waals surface area contributed by atoms with Gasteiger partial charge in [0.2, 0.25) is 15.9 Å². The molecule has 2 aliphatic rings. The van der Waals surface area contributed by atoms with Gasteiger partial charge in [-0.25, -0.2) is 16.8 Å². The molecule has 134 valence electrons. The summed E-state index contributed by atoms with van der Waals surface area (Å²) in [7, 11) is -6.85. The zero-order valence-corrected chi connectivity index (χ0v) is 15.3. The summed E-state index contributed by atoms with van der Waals surface area (Å²) in [5.41, 5.74) is 0. The van der Waals surface area contributed by atoms with Gasteiger partial charge in [-0.1, -0.05) is 6.92 Å². The summed E-state index contributed by atoms with van der Waals surface area (Å²) < 4.78 is 48.3. The number of carbonyl (C=O) groups is 1. The molecule has 2 fully saturated rings. The summed E-state index contributed by atoms with van der Waals surface area (Å²) >= 11 is 0. The van der Waals surface area contributed by atoms with E-state index in [9.17, 15) is 21.6 Å². The van der Waals surface area contributed by atoms with E-state index >= 15 is 0 Å². The van der Waals surface area contributed by atoms with E-state index in [-0.39, 0.29) is 30.4 Å². The van der Waals surface area contributed by atoms with E-state index < -0.39 is 25.9 Å². The fraction of sp³-hybridized carbons (Fsp3) is 0.923. The van der Waals surface area contributed by atoms with Gasteiger partial charge >= 0.3 is 0 Å². The maximum absolute atomic E-state index is 12.4. The highest BCUT2D eigenvalue weighted by atomic mass is 32.2. The summed E-state index contributed by atoms with van der Waals surface area (Å²) in [6.07, 6.45) is 1.28. The van der Waals surface area contributed by atoms with Crippen LogP contribution in [-0.2, 0) is 24.7 Å². The molecule has 2 aliphatic heterocycles. The Bertz CT molecular complexity index is 639. The van der Waals surface area contributed by atoms with Crippen LogP contribution >= 0.6 is 0 Å². The third-order valence-corrected chi connectivity index (χ3v) is 7.53. The van der Waals surface area contributed by atoms with Gasteiger partial charge in [0.05, 0.1) is 24.3 Å². The predicted molar refractivity (Wildman–Crippen MR) is 87.3 cm³/mol. The number of piperazine rings is 1. The molecule has 1 atom stereocenters. The normalized spacial score (nSPS) is 25.9. The molecule has 10 heteroatoms. The summed E-state index contributed by atoms with van der Waals surface area (Å²) in [6, 6.07) is -0.629. The minimum Gasteiger partial charge on any atom is -0.339 e. The molecule has 1 unspecified atom stereocenters. The largest absolute Gasteiger partial charge is 0.339 e. The van der Waals surface area contributed by atoms with Gasteiger partial charge in [0.15, 0.2) is 9.84 Å². The van der Waals surface area contributed by atoms with Gasteiger partial charge in [-0.15, -0.1) is 0 Å². The van der Waals surface area contributed by atoms with Gasteiger partial charge in [0.25, 0.3) is 0 Å². The maximum atomic E-state index is 12.4. The average Bonchev–Trinajstić information content (AvgIpc) is 2.83. The van der Waals surface area contributed by atoms with E-state index in [1.807, 2.05) is 0 Å². The minimum absolute atomic E-state index is 0.0208. The third-order valence-electron chi connectivity index (χ3n) is 4.50. The van der Waals surface area contributed by atoms with Crippen molar-refractivity contribution in [2.75, 3.05) is 57.0 Å². The number of sulfonamides is 1. The van der Waals surface area contributed by atoms with E-state index in [1.165, 1.54) is 0 Å². The zero-order chi connectivity index (χ0) is 17.3. The average molecular weight is 367 g/mol. The standard InChI is InChI=1S/C13H25N3O5S2/c1-3-14-5-7-15(8-6-14)13(17)10-16(22(2,18)19)12-4-9-23(20,21)11-12/h12H,3-11H2,1-2H3. The van der Waals surface area contributed by atoms with Crippen molar-refractivity contribution in [3.8, 4) is 0 Å². The van der Waals surface area contributed by atoms with Crippen molar-refractivity contribution in [3.05, 3.63) is 0 Å². The van der Waals surface area contributed by atoms with Crippen molar-refractivity contribution in [1.82, 2.24) is 14.1 Å². The van der Waals surface area contributed by atoms with Crippen LogP contribution in [0.4, 0.5) is 0 Å². The lowest BCUT2D eigenvalue weighted by Crippen LogP contribution is -2.53. The molecule has 2 heterocycles. The fourth-order valence-corrected chi connectivity index (χ4v) is 5.96. The maximum Gasteiger partial charge on any atom is 0.237 e. The quantitative estimate of drug-likeness (QED) is 0.593. The molecule has 8 nitrogen and oxygen atoms in total. The van der Waals surface area contributed by atoms with Crippen LogP contribution in [0.3, 0.4) is 0 Å². The third kappa shape index (κ3) is 4.88. The first-order chi connectivity index (χ1) is 10.6. The molecule has 0 saturated carbocycles. The van der Waals surface area contributed by atoms with Gasteiger partial charge in [-0.2, -0.15) is 4.31 Å². The Labute approximate surface area is 138 Å². The number of likely N-dealkylation sites (N-methyl/N-ethyl adjacent to an activating group) is 1. The van der Waals surface area contributed by atoms with E-state index in [1.54, 1.807) is 4.90 Å². The van der Waals surface area contributed by atoms with Gasteiger partial charge in [-0.05, 0) is 13.0 Å². The van der Waals surface area contributed by atoms with Crippen molar-refractivity contribution < 1.29 is 21.6 Å². The van der Waals surface area contributed by atoms with E-state index in [0.717, 1.165) is 30.2 Å². The molecule has 0 N–H and O–H groups in total. The van der Waals surface area contributed by atoms with Crippen LogP contribution in [0, 0.1) is 0 Å². The molecular weight excluding hydrogens is 342 g/mol. The molecule has 2 rings (SSSR count). The number of hydrogen-bond donors (Lipinski definition) is 0. The van der Waals surface area contributed by atoms with Crippen molar-refractivity contribution in [2.24, 2.45) is 0 Å². The molecule has 0 aromatic rings. The van der Waals surface area contributed by atoms with E-state index in [2.05, 4.69) is 11.8 Å². The Balaban J connectivity index is 2.03. The van der Waals surface area contributed by atoms with Gasteiger partial charge in [0, 0.05) is 32.2 Å². The number of sulfone groups is 1. The molecule has 0 bridgehead atoms. The number of amides is 1. The Morgan fingerprint density at radius 2 is 1.83 bits per heavy atom. The lowest BCUT2D eigenvalue weighted by molar-refractivity contribution is -0.133. The molecule has 23 heavy (non-hydrogen) atoms. The SMILES string of the molecule is CCN1CCN(C(=O)CN(C2CCS(=O)(=O)C2)S(C)(=O)=O)CC1. The highest BCUT2D eigenvalue weighted by molar-refractivity contribution is 7.92. The second-order valence-electron chi connectivity index (χ2n) is 6.18. The van der Waals surface area contributed by atoms with Crippen LogP contribution in [0.5, 0.6) is 0 Å². The summed E-state index contributed by atoms with van der Waals surface area (Å²) in [5.74, 6) is -0.472. The number of rotatable bonds is 5. The monoisotopic (exact) mass is 367 g/mol. The molecule has 0 aromatic carbocycles. The number of hydrogen-bond acceptors (Lipinski definition) is 6. The fourth-order valence-electron chi connectivity index (χ4n) is 3.07. The number of carbonyl (C=O) groups excluding carboxylic acids is 1. The summed E-state index contributed by atoms with van der Waals surface area (Å²) in [4.78, 5) is 16.3. The van der Waals surface area contributed by atoms with Gasteiger partial charge < -0.3 is 9.80 Å². The molecule has 0 aromatic heterocycles. The molecule has 1 amide bonds. The van der Waals surface area contributed by atoms with E-state index in [0.29, 0.717) is 13.1 Å². The van der Waals surface area contributed by atoms with Crippen molar-refractivity contribution >= 4 is 25.8 Å². The Morgan fingerprint density at radius 1 is 1.22 bits per heavy atom. The minimum atomic E-state index is -3.64. The number of nitrogens with zero attached hydrogens (tertiary/aromatic N) is 3. The molecular formula is C13H25N3O5S2. The van der Waals surface area contributed by atoms with Crippen molar-refractivity contribution in [1.29, 1.82) is 0 Å². The predicted octanol–water partition coefficient (Wildman–Crippen LogP) is -1.40. The molecule has 2 saturated heterocycles. The topological polar surface area (TPSA) is 95.1 Å². The first-order valence-electron chi connectivity index (χ1n) is 7.80. The van der Waals surface area contributed by atoms with Gasteiger partial charge in [0.1, 0.15) is 0 Å². The van der Waals surface area contributed by atoms with Crippen molar-refractivity contribution in [3.63, 3.8) is 0 Å². The summed E-state index contributed by atoms with van der Waals surface area (Å²) in [6.45, 7) is 5.42. The summed E-state index contributed by atoms with van der Waals surface area (Å²) in [5, 5.41) is 0.